The first kappa shape index (κ1) is 17.1. The molecule has 0 atom stereocenters. The van der Waals surface area contributed by atoms with Gasteiger partial charge in [0.25, 0.3) is 0 Å². The predicted molar refractivity (Wildman–Crippen MR) is 91.9 cm³/mol. The lowest BCUT2D eigenvalue weighted by Crippen LogP contribution is -2.41. The van der Waals surface area contributed by atoms with Gasteiger partial charge in [0, 0.05) is 18.6 Å². The molecule has 0 saturated carbocycles. The van der Waals surface area contributed by atoms with Crippen LogP contribution in [0.15, 0.2) is 15.4 Å². The topological polar surface area (TPSA) is 73.7 Å². The molecule has 1 N–H and O–H groups in total. The van der Waals surface area contributed by atoms with Crippen molar-refractivity contribution in [3.05, 3.63) is 16.2 Å². The van der Waals surface area contributed by atoms with Gasteiger partial charge < -0.3 is 10.0 Å². The van der Waals surface area contributed by atoms with Gasteiger partial charge in [-0.05, 0) is 55.6 Å². The summed E-state index contributed by atoms with van der Waals surface area (Å²) in [5.41, 5.74) is 0.116. The minimum Gasteiger partial charge on any atom is -0.393 e. The summed E-state index contributed by atoms with van der Waals surface area (Å²) >= 11 is 3.47. The van der Waals surface area contributed by atoms with E-state index in [-0.39, 0.29) is 6.10 Å². The first-order chi connectivity index (χ1) is 10.6. The number of rotatable bonds is 1. The molecule has 0 amide bonds. The highest BCUT2D eigenvalue weighted by Gasteiger charge is 2.42. The maximum atomic E-state index is 12.7. The van der Waals surface area contributed by atoms with Gasteiger partial charge in [0.15, 0.2) is 0 Å². The van der Waals surface area contributed by atoms with Crippen molar-refractivity contribution in [3.8, 4) is 0 Å². The largest absolute Gasteiger partial charge is 0.393 e. The van der Waals surface area contributed by atoms with Gasteiger partial charge in [-0.1, -0.05) is 0 Å². The van der Waals surface area contributed by atoms with E-state index in [9.17, 15) is 13.5 Å². The molecule has 0 bridgehead atoms. The Balaban J connectivity index is 1.99. The number of nitrogens with zero attached hydrogens (tertiary/aromatic N) is 3. The van der Waals surface area contributed by atoms with Crippen molar-refractivity contribution in [1.29, 1.82) is 0 Å². The monoisotopic (exact) mass is 403 g/mol. The molecule has 8 heteroatoms. The Morgan fingerprint density at radius 1 is 1.30 bits per heavy atom. The number of aliphatic hydroxyl groups excluding tert-OH is 1. The van der Waals surface area contributed by atoms with Gasteiger partial charge in [0.05, 0.1) is 22.8 Å². The molecule has 0 radical (unpaired) electrons. The van der Waals surface area contributed by atoms with Gasteiger partial charge in [0.2, 0.25) is 10.0 Å². The van der Waals surface area contributed by atoms with Crippen LogP contribution in [0.25, 0.3) is 0 Å². The molecule has 3 rings (SSSR count). The van der Waals surface area contributed by atoms with Gasteiger partial charge in [-0.25, -0.2) is 13.4 Å². The van der Waals surface area contributed by atoms with Crippen LogP contribution in [0.4, 0.5) is 5.82 Å². The van der Waals surface area contributed by atoms with E-state index in [0.717, 1.165) is 18.9 Å². The molecular weight excluding hydrogens is 382 g/mol. The Hall–Kier alpha value is -0.700. The summed E-state index contributed by atoms with van der Waals surface area (Å²) < 4.78 is 27.6. The normalized spacial score (nSPS) is 22.4. The maximum Gasteiger partial charge on any atom is 0.245 e. The first-order valence-electron chi connectivity index (χ1n) is 7.76. The van der Waals surface area contributed by atoms with Crippen molar-refractivity contribution in [2.75, 3.05) is 18.0 Å². The van der Waals surface area contributed by atoms with Crippen molar-refractivity contribution >= 4 is 31.8 Å². The van der Waals surface area contributed by atoms with Crippen LogP contribution in [-0.2, 0) is 16.6 Å². The Bertz CT molecular complexity index is 722. The molecule has 128 valence electrons. The van der Waals surface area contributed by atoms with Crippen LogP contribution in [0.3, 0.4) is 0 Å². The summed E-state index contributed by atoms with van der Waals surface area (Å²) in [6.45, 7) is 7.41. The lowest BCUT2D eigenvalue weighted by molar-refractivity contribution is 0.145. The Morgan fingerprint density at radius 2 is 1.91 bits per heavy atom. The quantitative estimate of drug-likeness (QED) is 0.776. The molecule has 0 aliphatic carbocycles. The fourth-order valence-corrected chi connectivity index (χ4v) is 5.72. The molecule has 1 saturated heterocycles. The van der Waals surface area contributed by atoms with Gasteiger partial charge in [-0.15, -0.1) is 0 Å². The Labute approximate surface area is 145 Å². The standard InChI is InChI=1S/C15H22BrN3O3S/c1-15(2,3)19-9-12-13(23(19,21)22)8-11(16)14(17-12)18-6-4-10(20)5-7-18/h8,10,20H,4-7,9H2,1-3H3. The molecule has 23 heavy (non-hydrogen) atoms. The summed E-state index contributed by atoms with van der Waals surface area (Å²) in [4.78, 5) is 7.03. The number of hydrogen-bond donors (Lipinski definition) is 1. The molecule has 3 heterocycles. The van der Waals surface area contributed by atoms with Crippen molar-refractivity contribution in [2.45, 2.75) is 56.7 Å². The van der Waals surface area contributed by atoms with E-state index in [1.54, 1.807) is 6.07 Å². The lowest BCUT2D eigenvalue weighted by Gasteiger charge is -2.31. The smallest absolute Gasteiger partial charge is 0.245 e. The van der Waals surface area contributed by atoms with Crippen molar-refractivity contribution in [3.63, 3.8) is 0 Å². The SMILES string of the molecule is CC(C)(C)N1Cc2nc(N3CCC(O)CC3)c(Br)cc2S1(=O)=O. The highest BCUT2D eigenvalue weighted by atomic mass is 79.9. The van der Waals surface area contributed by atoms with Crippen molar-refractivity contribution in [1.82, 2.24) is 9.29 Å². The van der Waals surface area contributed by atoms with Crippen LogP contribution >= 0.6 is 15.9 Å². The van der Waals surface area contributed by atoms with E-state index < -0.39 is 15.6 Å². The molecule has 2 aliphatic heterocycles. The number of sulfonamides is 1. The zero-order valence-corrected chi connectivity index (χ0v) is 16.0. The zero-order valence-electron chi connectivity index (χ0n) is 13.6. The predicted octanol–water partition coefficient (Wildman–Crippen LogP) is 2.11. The van der Waals surface area contributed by atoms with E-state index in [2.05, 4.69) is 25.8 Å². The Morgan fingerprint density at radius 3 is 2.48 bits per heavy atom. The average molecular weight is 404 g/mol. The van der Waals surface area contributed by atoms with Crippen molar-refractivity contribution in [2.24, 2.45) is 0 Å². The number of aromatic nitrogens is 1. The third-order valence-corrected chi connectivity index (χ3v) is 7.12. The average Bonchev–Trinajstić information content (AvgIpc) is 2.70. The number of piperidine rings is 1. The van der Waals surface area contributed by atoms with Crippen LogP contribution < -0.4 is 4.90 Å². The second-order valence-corrected chi connectivity index (χ2v) is 9.82. The molecule has 0 aromatic carbocycles. The van der Waals surface area contributed by atoms with Gasteiger partial charge in [-0.2, -0.15) is 4.31 Å². The second kappa shape index (κ2) is 5.68. The Kier molecular flexibility index (Phi) is 4.23. The fourth-order valence-electron chi connectivity index (χ4n) is 3.07. The molecule has 0 spiro atoms. The molecule has 1 fully saturated rings. The third kappa shape index (κ3) is 3.01. The van der Waals surface area contributed by atoms with Crippen molar-refractivity contribution < 1.29 is 13.5 Å². The summed E-state index contributed by atoms with van der Waals surface area (Å²) in [5.74, 6) is 0.765. The minimum atomic E-state index is -3.50. The summed E-state index contributed by atoms with van der Waals surface area (Å²) in [6, 6.07) is 1.67. The maximum absolute atomic E-state index is 12.7. The van der Waals surface area contributed by atoms with E-state index in [1.807, 2.05) is 20.8 Å². The molecule has 1 aromatic heterocycles. The van der Waals surface area contributed by atoms with Crippen LogP contribution in [0.2, 0.25) is 0 Å². The molecular formula is C15H22BrN3O3S. The minimum absolute atomic E-state index is 0.254. The van der Waals surface area contributed by atoms with E-state index in [4.69, 9.17) is 0 Å². The first-order valence-corrected chi connectivity index (χ1v) is 9.99. The molecule has 0 unspecified atom stereocenters. The van der Waals surface area contributed by atoms with E-state index >= 15 is 0 Å². The molecule has 1 aromatic rings. The summed E-state index contributed by atoms with van der Waals surface area (Å²) in [7, 11) is -3.50. The van der Waals surface area contributed by atoms with Crippen LogP contribution in [0, 0.1) is 0 Å². The van der Waals surface area contributed by atoms with Gasteiger partial charge >= 0.3 is 0 Å². The molecule has 2 aliphatic rings. The number of pyridine rings is 1. The lowest BCUT2D eigenvalue weighted by atomic mass is 10.1. The van der Waals surface area contributed by atoms with Gasteiger partial charge in [0.1, 0.15) is 10.7 Å². The van der Waals surface area contributed by atoms with Crippen LogP contribution in [-0.4, -0.2) is 47.5 Å². The number of halogens is 1. The van der Waals surface area contributed by atoms with E-state index in [0.29, 0.717) is 34.4 Å². The summed E-state index contributed by atoms with van der Waals surface area (Å²) in [5, 5.41) is 9.65. The number of anilines is 1. The highest BCUT2D eigenvalue weighted by Crippen LogP contribution is 2.39. The highest BCUT2D eigenvalue weighted by molar-refractivity contribution is 9.10. The third-order valence-electron chi connectivity index (χ3n) is 4.37. The number of aliphatic hydroxyl groups is 1. The second-order valence-electron chi connectivity index (χ2n) is 7.14. The summed E-state index contributed by atoms with van der Waals surface area (Å²) in [6.07, 6.45) is 1.16. The van der Waals surface area contributed by atoms with Crippen LogP contribution in [0.5, 0.6) is 0 Å². The van der Waals surface area contributed by atoms with Crippen LogP contribution in [0.1, 0.15) is 39.3 Å². The fraction of sp³-hybridized carbons (Fsp3) is 0.667. The zero-order chi connectivity index (χ0) is 17.0. The molecule has 6 nitrogen and oxygen atoms in total. The van der Waals surface area contributed by atoms with E-state index in [1.165, 1.54) is 4.31 Å². The number of hydrogen-bond acceptors (Lipinski definition) is 5. The van der Waals surface area contributed by atoms with Gasteiger partial charge in [-0.3, -0.25) is 0 Å². The number of fused-ring (bicyclic) bond motifs is 1.